The van der Waals surface area contributed by atoms with Crippen molar-refractivity contribution in [1.82, 2.24) is 4.90 Å². The van der Waals surface area contributed by atoms with Gasteiger partial charge < -0.3 is 20.1 Å². The van der Waals surface area contributed by atoms with E-state index in [0.717, 1.165) is 25.9 Å². The van der Waals surface area contributed by atoms with E-state index in [4.69, 9.17) is 10.5 Å². The van der Waals surface area contributed by atoms with Gasteiger partial charge in [0.25, 0.3) is 0 Å². The van der Waals surface area contributed by atoms with Crippen molar-refractivity contribution in [3.05, 3.63) is 23.8 Å². The summed E-state index contributed by atoms with van der Waals surface area (Å²) in [6.45, 7) is 3.35. The Morgan fingerprint density at radius 3 is 2.71 bits per heavy atom. The number of halogens is 2. The number of hydrogen-bond donors (Lipinski definition) is 1. The minimum Gasteiger partial charge on any atom is -0.490 e. The van der Waals surface area contributed by atoms with E-state index in [1.54, 1.807) is 25.1 Å². The Hall–Kier alpha value is -2.05. The minimum absolute atomic E-state index is 0.0261. The second kappa shape index (κ2) is 8.70. The summed E-state index contributed by atoms with van der Waals surface area (Å²) >= 11 is 0. The highest BCUT2D eigenvalue weighted by Gasteiger charge is 2.18. The molecule has 0 unspecified atom stereocenters. The zero-order chi connectivity index (χ0) is 17.5. The van der Waals surface area contributed by atoms with Crippen LogP contribution in [-0.4, -0.2) is 37.2 Å². The number of piperidine rings is 1. The Morgan fingerprint density at radius 1 is 1.38 bits per heavy atom. The lowest BCUT2D eigenvalue weighted by Crippen LogP contribution is -2.42. The molecule has 0 aliphatic carbocycles. The molecule has 1 heterocycles. The topological polar surface area (TPSA) is 60.1 Å². The number of alkyl halides is 2. The maximum Gasteiger partial charge on any atom is 0.387 e. The van der Waals surface area contributed by atoms with E-state index in [1.165, 1.54) is 0 Å². The van der Waals surface area contributed by atoms with Gasteiger partial charge in [0.1, 0.15) is 0 Å². The van der Waals surface area contributed by atoms with Crippen molar-refractivity contribution in [3.63, 3.8) is 0 Å². The summed E-state index contributed by atoms with van der Waals surface area (Å²) < 4.78 is 35.4. The summed E-state index contributed by atoms with van der Waals surface area (Å²) in [5, 5.41) is 0. The standard InChI is InChI=1S/C17H25F2N3O2/c1-3-23-14-6-4-5-13(15(14)24-16(18)19)11-21-17(20)22-9-7-12(2)8-10-22/h4-6,12,16H,3,7-11H2,1-2H3,(H2,20,21). The second-order valence-electron chi connectivity index (χ2n) is 5.90. The van der Waals surface area contributed by atoms with Crippen molar-refractivity contribution >= 4 is 5.96 Å². The van der Waals surface area contributed by atoms with Crippen LogP contribution in [0.25, 0.3) is 0 Å². The van der Waals surface area contributed by atoms with Crippen molar-refractivity contribution in [2.75, 3.05) is 19.7 Å². The first-order chi connectivity index (χ1) is 11.5. The third-order valence-electron chi connectivity index (χ3n) is 4.09. The van der Waals surface area contributed by atoms with Crippen LogP contribution in [0.5, 0.6) is 11.5 Å². The van der Waals surface area contributed by atoms with Crippen LogP contribution < -0.4 is 15.2 Å². The van der Waals surface area contributed by atoms with Gasteiger partial charge in [-0.1, -0.05) is 19.1 Å². The Balaban J connectivity index is 2.13. The quantitative estimate of drug-likeness (QED) is 0.637. The maximum absolute atomic E-state index is 12.7. The van der Waals surface area contributed by atoms with E-state index in [9.17, 15) is 8.78 Å². The van der Waals surface area contributed by atoms with Gasteiger partial charge >= 0.3 is 6.61 Å². The van der Waals surface area contributed by atoms with Crippen LogP contribution in [0.15, 0.2) is 23.2 Å². The molecule has 2 N–H and O–H groups in total. The van der Waals surface area contributed by atoms with Crippen molar-refractivity contribution in [1.29, 1.82) is 0 Å². The maximum atomic E-state index is 12.7. The summed E-state index contributed by atoms with van der Waals surface area (Å²) in [5.41, 5.74) is 6.57. The average molecular weight is 341 g/mol. The minimum atomic E-state index is -2.92. The molecule has 1 aromatic rings. The highest BCUT2D eigenvalue weighted by molar-refractivity contribution is 5.78. The Morgan fingerprint density at radius 2 is 2.08 bits per heavy atom. The van der Waals surface area contributed by atoms with E-state index in [0.29, 0.717) is 24.0 Å². The summed E-state index contributed by atoms with van der Waals surface area (Å²) in [6.07, 6.45) is 2.16. The van der Waals surface area contributed by atoms with Crippen molar-refractivity contribution in [2.24, 2.45) is 16.6 Å². The molecule has 0 saturated carbocycles. The van der Waals surface area contributed by atoms with Gasteiger partial charge in [-0.25, -0.2) is 4.99 Å². The largest absolute Gasteiger partial charge is 0.490 e. The lowest BCUT2D eigenvalue weighted by Gasteiger charge is -2.31. The predicted molar refractivity (Wildman–Crippen MR) is 89.5 cm³/mol. The molecular formula is C17H25F2N3O2. The highest BCUT2D eigenvalue weighted by Crippen LogP contribution is 2.33. The molecule has 2 rings (SSSR count). The summed E-state index contributed by atoms with van der Waals surface area (Å²) in [6, 6.07) is 5.02. The molecule has 134 valence electrons. The van der Waals surface area contributed by atoms with Crippen LogP contribution in [0.4, 0.5) is 8.78 Å². The predicted octanol–water partition coefficient (Wildman–Crippen LogP) is 3.23. The lowest BCUT2D eigenvalue weighted by molar-refractivity contribution is -0.0520. The molecule has 0 amide bonds. The molecule has 7 heteroatoms. The summed E-state index contributed by atoms with van der Waals surface area (Å²) in [4.78, 5) is 6.38. The third kappa shape index (κ3) is 4.97. The molecule has 5 nitrogen and oxygen atoms in total. The highest BCUT2D eigenvalue weighted by atomic mass is 19.3. The van der Waals surface area contributed by atoms with Crippen molar-refractivity contribution in [2.45, 2.75) is 39.8 Å². The molecule has 1 aliphatic heterocycles. The van der Waals surface area contributed by atoms with Gasteiger partial charge in [0.05, 0.1) is 13.2 Å². The molecule has 1 aliphatic rings. The third-order valence-corrected chi connectivity index (χ3v) is 4.09. The summed E-state index contributed by atoms with van der Waals surface area (Å²) in [5.74, 6) is 1.45. The monoisotopic (exact) mass is 341 g/mol. The first kappa shape index (κ1) is 18.3. The van der Waals surface area contributed by atoms with Crippen LogP contribution in [0.3, 0.4) is 0 Å². The molecule has 1 aromatic carbocycles. The molecule has 0 spiro atoms. The van der Waals surface area contributed by atoms with Gasteiger partial charge in [-0.15, -0.1) is 0 Å². The lowest BCUT2D eigenvalue weighted by atomic mass is 10.00. The number of aliphatic imine (C=N–C) groups is 1. The van der Waals surface area contributed by atoms with Crippen LogP contribution in [-0.2, 0) is 6.54 Å². The van der Waals surface area contributed by atoms with Gasteiger partial charge in [0.15, 0.2) is 17.5 Å². The fourth-order valence-corrected chi connectivity index (χ4v) is 2.68. The van der Waals surface area contributed by atoms with Gasteiger partial charge in [-0.05, 0) is 31.7 Å². The Bertz CT molecular complexity index is 559. The van der Waals surface area contributed by atoms with E-state index < -0.39 is 6.61 Å². The zero-order valence-corrected chi connectivity index (χ0v) is 14.2. The van der Waals surface area contributed by atoms with E-state index in [-0.39, 0.29) is 18.0 Å². The van der Waals surface area contributed by atoms with Gasteiger partial charge in [0, 0.05) is 18.7 Å². The van der Waals surface area contributed by atoms with E-state index in [2.05, 4.69) is 16.7 Å². The fourth-order valence-electron chi connectivity index (χ4n) is 2.68. The number of guanidine groups is 1. The molecule has 0 aromatic heterocycles. The fraction of sp³-hybridized carbons (Fsp3) is 0.588. The normalized spacial score (nSPS) is 16.5. The van der Waals surface area contributed by atoms with Gasteiger partial charge in [-0.2, -0.15) is 8.78 Å². The zero-order valence-electron chi connectivity index (χ0n) is 14.2. The second-order valence-corrected chi connectivity index (χ2v) is 5.90. The van der Waals surface area contributed by atoms with Crippen molar-refractivity contribution < 1.29 is 18.3 Å². The molecule has 1 fully saturated rings. The number of nitrogens with zero attached hydrogens (tertiary/aromatic N) is 2. The van der Waals surface area contributed by atoms with E-state index in [1.807, 2.05) is 4.90 Å². The van der Waals surface area contributed by atoms with Crippen LogP contribution in [0, 0.1) is 5.92 Å². The average Bonchev–Trinajstić information content (AvgIpc) is 2.55. The van der Waals surface area contributed by atoms with Crippen molar-refractivity contribution in [3.8, 4) is 11.5 Å². The first-order valence-electron chi connectivity index (χ1n) is 8.25. The Labute approximate surface area is 141 Å². The molecular weight excluding hydrogens is 316 g/mol. The first-order valence-corrected chi connectivity index (χ1v) is 8.25. The molecule has 24 heavy (non-hydrogen) atoms. The van der Waals surface area contributed by atoms with Gasteiger partial charge in [0.2, 0.25) is 0 Å². The molecule has 0 bridgehead atoms. The van der Waals surface area contributed by atoms with Gasteiger partial charge in [-0.3, -0.25) is 0 Å². The molecule has 1 saturated heterocycles. The number of ether oxygens (including phenoxy) is 2. The number of nitrogens with two attached hydrogens (primary N) is 1. The van der Waals surface area contributed by atoms with Crippen LogP contribution >= 0.6 is 0 Å². The number of likely N-dealkylation sites (tertiary alicyclic amines) is 1. The number of hydrogen-bond acceptors (Lipinski definition) is 3. The number of rotatable bonds is 6. The molecule has 0 atom stereocenters. The SMILES string of the molecule is CCOc1cccc(CN=C(N)N2CCC(C)CC2)c1OC(F)F. The van der Waals surface area contributed by atoms with Crippen LogP contribution in [0.1, 0.15) is 32.3 Å². The smallest absolute Gasteiger partial charge is 0.387 e. The summed E-state index contributed by atoms with van der Waals surface area (Å²) in [7, 11) is 0. The van der Waals surface area contributed by atoms with E-state index >= 15 is 0 Å². The van der Waals surface area contributed by atoms with Crippen LogP contribution in [0.2, 0.25) is 0 Å². The number of para-hydroxylation sites is 1. The Kier molecular flexibility index (Phi) is 6.63. The molecule has 0 radical (unpaired) electrons. The number of benzene rings is 1.